The van der Waals surface area contributed by atoms with Crippen LogP contribution in [0.5, 0.6) is 5.75 Å². The number of hydrogen-bond acceptors (Lipinski definition) is 12. The summed E-state index contributed by atoms with van der Waals surface area (Å²) in [6, 6.07) is 6.13. The summed E-state index contributed by atoms with van der Waals surface area (Å²) in [5.74, 6) is 0.773. The number of ether oxygens (including phenoxy) is 5. The summed E-state index contributed by atoms with van der Waals surface area (Å²) in [7, 11) is 4.21. The Labute approximate surface area is 416 Å². The molecule has 380 valence electrons. The van der Waals surface area contributed by atoms with Crippen LogP contribution >= 0.6 is 23.2 Å². The Morgan fingerprint density at radius 2 is 1.70 bits per heavy atom. The monoisotopic (exact) mass is 999 g/mol. The van der Waals surface area contributed by atoms with Crippen molar-refractivity contribution in [3.63, 3.8) is 0 Å². The molecule has 0 unspecified atom stereocenters. The molecule has 2 fully saturated rings. The number of hydrogen-bond donors (Lipinski definition) is 4. The number of ketones is 2. The van der Waals surface area contributed by atoms with E-state index in [1.165, 1.54) is 45.5 Å². The summed E-state index contributed by atoms with van der Waals surface area (Å²) in [4.78, 5) is 64.6. The van der Waals surface area contributed by atoms with Gasteiger partial charge in [0.1, 0.15) is 11.9 Å². The number of aliphatic hydroxyl groups is 2. The van der Waals surface area contributed by atoms with Gasteiger partial charge >= 0.3 is 12.2 Å². The van der Waals surface area contributed by atoms with E-state index in [0.29, 0.717) is 60.3 Å². The molecule has 2 bridgehead atoms. The van der Waals surface area contributed by atoms with E-state index in [-0.39, 0.29) is 46.5 Å². The fraction of sp³-hybridized carbons (Fsp3) is 0.596. The molecule has 1 aromatic carbocycles. The number of aryl methyl sites for hydroxylation is 1. The van der Waals surface area contributed by atoms with Crippen molar-refractivity contribution >= 4 is 52.9 Å². The largest absolute Gasteiger partial charge is 0.492 e. The molecule has 17 heteroatoms. The number of benzene rings is 1. The summed E-state index contributed by atoms with van der Waals surface area (Å²) in [5, 5.41) is 24.2. The highest BCUT2D eigenvalue weighted by atomic mass is 35.5. The first-order valence-electron chi connectivity index (χ1n) is 23.8. The van der Waals surface area contributed by atoms with Gasteiger partial charge in [-0.3, -0.25) is 14.4 Å². The van der Waals surface area contributed by atoms with Gasteiger partial charge in [-0.1, -0.05) is 51.1 Å². The number of nitrogens with two attached hydrogens (primary N) is 1. The van der Waals surface area contributed by atoms with E-state index in [1.807, 2.05) is 19.1 Å². The van der Waals surface area contributed by atoms with E-state index in [1.54, 1.807) is 37.0 Å². The Kier molecular flexibility index (Phi) is 20.1. The van der Waals surface area contributed by atoms with Gasteiger partial charge in [0.05, 0.1) is 31.1 Å². The number of Topliss-reactive ketones (excluding diaryl/α,β-unsaturated/α-hetero) is 1. The van der Waals surface area contributed by atoms with Crippen molar-refractivity contribution < 1.29 is 57.9 Å². The van der Waals surface area contributed by atoms with Gasteiger partial charge in [0.2, 0.25) is 11.6 Å². The third-order valence-corrected chi connectivity index (χ3v) is 15.1. The van der Waals surface area contributed by atoms with Crippen LogP contribution < -0.4 is 15.8 Å². The lowest BCUT2D eigenvalue weighted by molar-refractivity contribution is -0.120. The van der Waals surface area contributed by atoms with E-state index in [0.717, 1.165) is 44.6 Å². The molecule has 15 nitrogen and oxygen atoms in total. The first-order valence-corrected chi connectivity index (χ1v) is 24.9. The van der Waals surface area contributed by atoms with E-state index < -0.39 is 60.0 Å². The van der Waals surface area contributed by atoms with Gasteiger partial charge in [-0.05, 0) is 123 Å². The van der Waals surface area contributed by atoms with Gasteiger partial charge in [0.25, 0.3) is 5.91 Å². The van der Waals surface area contributed by atoms with Gasteiger partial charge in [0, 0.05) is 62.2 Å². The highest BCUT2D eigenvalue weighted by Gasteiger charge is 2.54. The molecule has 1 aliphatic heterocycles. The fourth-order valence-electron chi connectivity index (χ4n) is 11.0. The number of carbonyl (C=O) groups excluding carboxylic acids is 5. The molecule has 6 rings (SSSR count). The van der Waals surface area contributed by atoms with Crippen LogP contribution in [0.25, 0.3) is 0 Å². The third kappa shape index (κ3) is 13.3. The van der Waals surface area contributed by atoms with Crippen LogP contribution in [0, 0.1) is 29.1 Å². The van der Waals surface area contributed by atoms with Gasteiger partial charge in [-0.2, -0.15) is 0 Å². The zero-order valence-electron chi connectivity index (χ0n) is 41.1. The molecule has 2 saturated carbocycles. The summed E-state index contributed by atoms with van der Waals surface area (Å²) >= 11 is 11.6. The maximum Gasteiger partial charge on any atom is 0.415 e. The number of primary amides is 1. The van der Waals surface area contributed by atoms with Gasteiger partial charge < -0.3 is 49.8 Å². The zero-order valence-corrected chi connectivity index (χ0v) is 42.6. The highest BCUT2D eigenvalue weighted by Crippen LogP contribution is 2.61. The first-order chi connectivity index (χ1) is 32.8. The average molecular weight is 1000 g/mol. The molecule has 5 N–H and O–H groups in total. The minimum Gasteiger partial charge on any atom is -0.492 e. The minimum absolute atomic E-state index is 0.0801. The van der Waals surface area contributed by atoms with Crippen LogP contribution in [-0.2, 0) is 39.8 Å². The van der Waals surface area contributed by atoms with Crippen molar-refractivity contribution in [3.8, 4) is 5.75 Å². The number of carbonyl (C=O) groups is 5. The molecule has 1 heterocycles. The van der Waals surface area contributed by atoms with Crippen molar-refractivity contribution in [2.75, 3.05) is 46.2 Å². The predicted octanol–water partition coefficient (Wildman–Crippen LogP) is 7.59. The Bertz CT molecular complexity index is 2200. The molecule has 0 saturated heterocycles. The van der Waals surface area contributed by atoms with E-state index in [2.05, 4.69) is 18.3 Å². The van der Waals surface area contributed by atoms with Crippen LogP contribution in [0.3, 0.4) is 0 Å². The number of allylic oxidation sites excluding steroid dienone is 4. The molecular formula is C52H71Cl2N3O12. The molecule has 69 heavy (non-hydrogen) atoms. The van der Waals surface area contributed by atoms with Crippen LogP contribution in [-0.4, -0.2) is 121 Å². The van der Waals surface area contributed by atoms with Gasteiger partial charge in [-0.15, -0.1) is 23.2 Å². The number of nitrogens with one attached hydrogen (secondary N) is 1. The summed E-state index contributed by atoms with van der Waals surface area (Å²) in [6.07, 6.45) is 9.59. The molecule has 3 amide bonds. The SMILES string of the molecule is COC1=C2C[C@@H](C)C[C@H](OC)[C@H](O)[C@@H](C)/C=C(\C)[C@H](OC(N)=O)[C@@H](OC)/C=C\C=C(/C)C(=O)NC(=CC1=O)C2=O.C[C@]12CC[C@@H]3c4ccc(OC(=O)N(CCCl)CCCl)cc4CC[C@H]3[C@@H]1CC[C@@H]2O. The van der Waals surface area contributed by atoms with Crippen LogP contribution in [0.2, 0.25) is 0 Å². The Morgan fingerprint density at radius 1 is 0.986 bits per heavy atom. The lowest BCUT2D eigenvalue weighted by Gasteiger charge is -2.50. The number of amides is 3. The maximum absolute atomic E-state index is 13.3. The average Bonchev–Trinajstić information content (AvgIpc) is 3.62. The highest BCUT2D eigenvalue weighted by molar-refractivity contribution is 6.23. The summed E-state index contributed by atoms with van der Waals surface area (Å²) in [5.41, 5.74) is 8.95. The maximum atomic E-state index is 13.3. The minimum atomic E-state index is -1.00. The molecule has 1 aromatic rings. The summed E-state index contributed by atoms with van der Waals surface area (Å²) in [6.45, 7) is 10.1. The molecule has 5 aliphatic rings. The van der Waals surface area contributed by atoms with E-state index >= 15 is 0 Å². The normalized spacial score (nSPS) is 32.8. The molecule has 4 aliphatic carbocycles. The van der Waals surface area contributed by atoms with E-state index in [9.17, 15) is 34.2 Å². The van der Waals surface area contributed by atoms with Gasteiger partial charge in [0.15, 0.2) is 11.9 Å². The van der Waals surface area contributed by atoms with E-state index in [4.69, 9.17) is 52.6 Å². The second-order valence-corrected chi connectivity index (χ2v) is 20.0. The molecular weight excluding hydrogens is 929 g/mol. The van der Waals surface area contributed by atoms with Crippen molar-refractivity contribution in [2.45, 2.75) is 122 Å². The second-order valence-electron chi connectivity index (χ2n) is 19.2. The fourth-order valence-corrected chi connectivity index (χ4v) is 11.4. The predicted molar refractivity (Wildman–Crippen MR) is 263 cm³/mol. The Balaban J connectivity index is 0.000000269. The lowest BCUT2D eigenvalue weighted by atomic mass is 9.55. The topological polar surface area (TPSA) is 213 Å². The molecule has 0 radical (unpaired) electrons. The number of fused-ring (bicyclic) bond motifs is 7. The van der Waals surface area contributed by atoms with Gasteiger partial charge in [-0.25, -0.2) is 9.59 Å². The Hall–Kier alpha value is -4.51. The first kappa shape index (κ1) is 55.4. The van der Waals surface area contributed by atoms with Crippen LogP contribution in [0.4, 0.5) is 9.59 Å². The molecule has 0 spiro atoms. The Morgan fingerprint density at radius 3 is 2.33 bits per heavy atom. The summed E-state index contributed by atoms with van der Waals surface area (Å²) < 4.78 is 27.4. The van der Waals surface area contributed by atoms with Crippen molar-refractivity contribution in [1.82, 2.24) is 10.2 Å². The number of halogens is 2. The number of methoxy groups -OCH3 is 3. The molecule has 0 aromatic heterocycles. The quantitative estimate of drug-likeness (QED) is 0.107. The van der Waals surface area contributed by atoms with Crippen molar-refractivity contribution in [3.05, 3.63) is 87.9 Å². The lowest BCUT2D eigenvalue weighted by Crippen LogP contribution is -2.43. The number of rotatable bonds is 9. The van der Waals surface area contributed by atoms with Crippen molar-refractivity contribution in [2.24, 2.45) is 34.8 Å². The third-order valence-electron chi connectivity index (χ3n) is 14.8. The number of aliphatic hydroxyl groups excluding tert-OH is 2. The second kappa shape index (κ2) is 25.0. The standard InChI is InChI=1S/C29H40N2O9.C23H31Cl2NO3/c1-15-11-19-25(34)20(14-21(32)27(19)39-7)31-28(35)16(2)9-8-10-22(37-5)26(40-29(30)36)18(4)13-17(3)24(33)23(12-15)38-6;1-23-9-8-18-17-5-3-16(29-22(28)26(12-10-24)13-11-25)14-15(17)2-4-19(18)20(23)6-7-21(23)27/h8-10,13-15,17,22-24,26,33H,11-12H2,1-7H3,(H2,30,36)(H,31,35);3,5,14,18-21,27H,2,4,6-13H2,1H3/b10-8-,16-9+,18-13+;/t15-,17+,22+,23+,24-,26+;18-,19-,20+,21+,23+/m11/s1. The van der Waals surface area contributed by atoms with Crippen LogP contribution in [0.15, 0.2) is 76.8 Å². The number of nitrogens with zero attached hydrogens (tertiary/aromatic N) is 1. The number of alkyl halides is 2. The zero-order chi connectivity index (χ0) is 50.7. The smallest absolute Gasteiger partial charge is 0.415 e. The molecule has 11 atom stereocenters. The van der Waals surface area contributed by atoms with Crippen molar-refractivity contribution in [1.29, 1.82) is 0 Å². The van der Waals surface area contributed by atoms with Crippen LogP contribution in [0.1, 0.15) is 96.6 Å².